The number of rotatable bonds is 12. The van der Waals surface area contributed by atoms with Crippen molar-refractivity contribution < 1.29 is 18.3 Å². The number of nitriles is 1. The van der Waals surface area contributed by atoms with Gasteiger partial charge >= 0.3 is 0 Å². The summed E-state index contributed by atoms with van der Waals surface area (Å²) in [5.74, 6) is 0.244. The second kappa shape index (κ2) is 15.3. The highest BCUT2D eigenvalue weighted by atomic mass is 32.2. The van der Waals surface area contributed by atoms with Crippen molar-refractivity contribution in [2.24, 2.45) is 5.92 Å². The van der Waals surface area contributed by atoms with E-state index in [1.54, 1.807) is 7.11 Å². The highest BCUT2D eigenvalue weighted by Gasteiger charge is 2.42. The van der Waals surface area contributed by atoms with Crippen LogP contribution in [-0.2, 0) is 9.53 Å². The Hall–Kier alpha value is -0.600. The molecule has 0 saturated heterocycles. The van der Waals surface area contributed by atoms with E-state index in [-0.39, 0.29) is 17.2 Å². The van der Waals surface area contributed by atoms with Gasteiger partial charge in [-0.2, -0.15) is 17.0 Å². The Morgan fingerprint density at radius 1 is 1.14 bits per heavy atom. The van der Waals surface area contributed by atoms with Crippen LogP contribution in [0.5, 0.6) is 0 Å². The first-order chi connectivity index (χ1) is 17.8. The van der Waals surface area contributed by atoms with Gasteiger partial charge in [0.1, 0.15) is 17.9 Å². The van der Waals surface area contributed by atoms with Crippen LogP contribution in [0, 0.1) is 17.2 Å². The predicted molar refractivity (Wildman–Crippen MR) is 149 cm³/mol. The number of ether oxygens (including phenoxy) is 1. The van der Waals surface area contributed by atoms with Crippen LogP contribution in [0.15, 0.2) is 0 Å². The zero-order valence-electron chi connectivity index (χ0n) is 22.7. The predicted octanol–water partition coefficient (Wildman–Crippen LogP) is 5.03. The highest BCUT2D eigenvalue weighted by molar-refractivity contribution is 8.00. The molecule has 0 spiro atoms. The van der Waals surface area contributed by atoms with Crippen molar-refractivity contribution >= 4 is 29.6 Å². The van der Waals surface area contributed by atoms with Crippen LogP contribution in [0.4, 0.5) is 8.78 Å². The Labute approximate surface area is 230 Å². The van der Waals surface area contributed by atoms with Crippen molar-refractivity contribution in [1.29, 1.82) is 5.26 Å². The number of methoxy groups -OCH3 is 1. The van der Waals surface area contributed by atoms with E-state index < -0.39 is 29.9 Å². The number of amides is 1. The molecular weight excluding hydrogens is 514 g/mol. The van der Waals surface area contributed by atoms with Crippen LogP contribution < -0.4 is 10.0 Å². The molecule has 3 aliphatic rings. The molecule has 6 nitrogen and oxygen atoms in total. The molecule has 2 N–H and O–H groups in total. The number of hydrogen-bond donors (Lipinski definition) is 2. The number of nitrogens with one attached hydrogen (secondary N) is 2. The van der Waals surface area contributed by atoms with Gasteiger partial charge in [0.15, 0.2) is 0 Å². The van der Waals surface area contributed by atoms with Gasteiger partial charge in [-0.05, 0) is 90.4 Å². The molecule has 3 fully saturated rings. The van der Waals surface area contributed by atoms with Crippen molar-refractivity contribution in [2.45, 2.75) is 118 Å². The van der Waals surface area contributed by atoms with E-state index in [0.717, 1.165) is 50.8 Å². The van der Waals surface area contributed by atoms with E-state index in [0.29, 0.717) is 43.8 Å². The van der Waals surface area contributed by atoms with Crippen molar-refractivity contribution in [3.8, 4) is 6.07 Å². The van der Waals surface area contributed by atoms with Crippen molar-refractivity contribution in [3.63, 3.8) is 0 Å². The summed E-state index contributed by atoms with van der Waals surface area (Å²) in [7, 11) is 5.65. The first-order valence-corrected chi connectivity index (χ1v) is 15.9. The van der Waals surface area contributed by atoms with Gasteiger partial charge in [0.2, 0.25) is 0 Å². The lowest BCUT2D eigenvalue weighted by atomic mass is 9.83. The molecule has 0 radical (unpaired) electrons. The van der Waals surface area contributed by atoms with Crippen molar-refractivity contribution in [1.82, 2.24) is 14.9 Å². The smallest absolute Gasteiger partial charge is 0.262 e. The Morgan fingerprint density at radius 3 is 2.46 bits per heavy atom. The molecule has 0 bridgehead atoms. The number of carbonyl (C=O) groups excluding carboxylic acids is 1. The number of alkyl halides is 2. The monoisotopic (exact) mass is 560 g/mol. The maximum absolute atomic E-state index is 15.5. The molecule has 0 aromatic heterocycles. The molecule has 3 saturated carbocycles. The second-order valence-corrected chi connectivity index (χ2v) is 13.8. The standard InChI is InChI=1S/C27H46F2N4O2S2/c1-33(2)14-11-21(18-36-22-9-7-20(28)8-10-22)31-25-19(17-30)15-23(16-24(25)29)37-32-26(34)27(35-3)12-5-4-6-13-27/h19-25,31H,4-16,18H2,1-3H3,(H,32,34). The molecule has 1 amide bonds. The zero-order chi connectivity index (χ0) is 26.8. The summed E-state index contributed by atoms with van der Waals surface area (Å²) in [6.07, 6.45) is 7.43. The van der Waals surface area contributed by atoms with Crippen LogP contribution in [-0.4, -0.2) is 84.8 Å². The number of halogens is 2. The van der Waals surface area contributed by atoms with Gasteiger partial charge < -0.3 is 15.0 Å². The van der Waals surface area contributed by atoms with Crippen LogP contribution in [0.2, 0.25) is 0 Å². The summed E-state index contributed by atoms with van der Waals surface area (Å²) in [6, 6.07) is 1.92. The van der Waals surface area contributed by atoms with Gasteiger partial charge in [0, 0.05) is 29.4 Å². The fourth-order valence-corrected chi connectivity index (χ4v) is 8.26. The summed E-state index contributed by atoms with van der Waals surface area (Å²) in [4.78, 5) is 15.1. The normalized spacial score (nSPS) is 33.0. The van der Waals surface area contributed by atoms with E-state index in [4.69, 9.17) is 4.74 Å². The molecule has 37 heavy (non-hydrogen) atoms. The lowest BCUT2D eigenvalue weighted by Crippen LogP contribution is -2.54. The third-order valence-electron chi connectivity index (χ3n) is 8.27. The van der Waals surface area contributed by atoms with E-state index in [1.807, 2.05) is 25.9 Å². The molecule has 0 aromatic rings. The van der Waals surface area contributed by atoms with Gasteiger partial charge in [-0.15, -0.1) is 0 Å². The highest BCUT2D eigenvalue weighted by Crippen LogP contribution is 2.36. The molecule has 3 aliphatic carbocycles. The van der Waals surface area contributed by atoms with E-state index >= 15 is 4.39 Å². The molecule has 0 aliphatic heterocycles. The fraction of sp³-hybridized carbons (Fsp3) is 0.926. The molecule has 212 valence electrons. The van der Waals surface area contributed by atoms with E-state index in [1.165, 1.54) is 11.9 Å². The molecule has 3 rings (SSSR count). The summed E-state index contributed by atoms with van der Waals surface area (Å²) < 4.78 is 37.6. The molecule has 0 heterocycles. The summed E-state index contributed by atoms with van der Waals surface area (Å²) >= 11 is 3.13. The van der Waals surface area contributed by atoms with Gasteiger partial charge in [0.25, 0.3) is 5.91 Å². The Kier molecular flexibility index (Phi) is 12.8. The van der Waals surface area contributed by atoms with Gasteiger partial charge in [0.05, 0.1) is 18.0 Å². The maximum Gasteiger partial charge on any atom is 0.262 e. The van der Waals surface area contributed by atoms with E-state index in [2.05, 4.69) is 21.0 Å². The average Bonchev–Trinajstić information content (AvgIpc) is 2.90. The largest absolute Gasteiger partial charge is 0.368 e. The van der Waals surface area contributed by atoms with Crippen LogP contribution >= 0.6 is 23.7 Å². The SMILES string of the molecule is COC1(C(=O)NSC2CC(F)C(NC(CCN(C)C)CSC3CCC(F)CC3)C(C#N)C2)CCCCC1. The second-order valence-electron chi connectivity index (χ2n) is 11.3. The average molecular weight is 561 g/mol. The lowest BCUT2D eigenvalue weighted by molar-refractivity contribution is -0.145. The van der Waals surface area contributed by atoms with Gasteiger partial charge in [-0.25, -0.2) is 8.78 Å². The molecule has 5 atom stereocenters. The van der Waals surface area contributed by atoms with Crippen LogP contribution in [0.1, 0.15) is 77.0 Å². The first kappa shape index (κ1) is 30.9. The summed E-state index contributed by atoms with van der Waals surface area (Å²) in [6.45, 7) is 0.877. The van der Waals surface area contributed by atoms with Crippen molar-refractivity contribution in [3.05, 3.63) is 0 Å². The minimum absolute atomic E-state index is 0.0892. The topological polar surface area (TPSA) is 77.4 Å². The number of nitrogens with zero attached hydrogens (tertiary/aromatic N) is 2. The minimum atomic E-state index is -1.16. The fourth-order valence-electron chi connectivity index (χ4n) is 5.84. The summed E-state index contributed by atoms with van der Waals surface area (Å²) in [5, 5.41) is 13.8. The lowest BCUT2D eigenvalue weighted by Gasteiger charge is -2.39. The molecule has 0 aromatic carbocycles. The quantitative estimate of drug-likeness (QED) is 0.324. The minimum Gasteiger partial charge on any atom is -0.368 e. The number of thioether (sulfide) groups is 1. The third kappa shape index (κ3) is 9.23. The molecular formula is C27H46F2N4O2S2. The first-order valence-electron chi connectivity index (χ1n) is 14.0. The number of hydrogen-bond acceptors (Lipinski definition) is 7. The number of carbonyl (C=O) groups is 1. The molecule has 5 unspecified atom stereocenters. The van der Waals surface area contributed by atoms with Crippen molar-refractivity contribution in [2.75, 3.05) is 33.5 Å². The third-order valence-corrected chi connectivity index (χ3v) is 10.8. The van der Waals surface area contributed by atoms with Gasteiger partial charge in [-0.3, -0.25) is 9.52 Å². The zero-order valence-corrected chi connectivity index (χ0v) is 24.4. The Morgan fingerprint density at radius 2 is 1.84 bits per heavy atom. The molecule has 10 heteroatoms. The van der Waals surface area contributed by atoms with Gasteiger partial charge in [-0.1, -0.05) is 19.3 Å². The van der Waals surface area contributed by atoms with Crippen LogP contribution in [0.3, 0.4) is 0 Å². The summed E-state index contributed by atoms with van der Waals surface area (Å²) in [5.41, 5.74) is -0.783. The Bertz CT molecular complexity index is 742. The van der Waals surface area contributed by atoms with E-state index in [9.17, 15) is 14.4 Å². The Balaban J connectivity index is 1.54. The van der Waals surface area contributed by atoms with Crippen LogP contribution in [0.25, 0.3) is 0 Å². The maximum atomic E-state index is 15.5.